The first-order valence-electron chi connectivity index (χ1n) is 5.68. The van der Waals surface area contributed by atoms with E-state index in [1.807, 2.05) is 0 Å². The van der Waals surface area contributed by atoms with Gasteiger partial charge in [-0.1, -0.05) is 0 Å². The number of carboxylic acids is 1. The van der Waals surface area contributed by atoms with E-state index in [4.69, 9.17) is 5.11 Å². The quantitative estimate of drug-likeness (QED) is 0.928. The van der Waals surface area contributed by atoms with Crippen LogP contribution in [0.25, 0.3) is 11.3 Å². The van der Waals surface area contributed by atoms with E-state index in [1.165, 1.54) is 16.8 Å². The fourth-order valence-electron chi connectivity index (χ4n) is 1.74. The number of hydrogen-bond acceptors (Lipinski definition) is 2. The number of benzene rings is 1. The summed E-state index contributed by atoms with van der Waals surface area (Å²) in [5.41, 5.74) is 0.639. The molecule has 0 unspecified atom stereocenters. The van der Waals surface area contributed by atoms with Crippen LogP contribution in [0, 0.1) is 11.6 Å². The minimum atomic E-state index is -1.12. The molecule has 0 radical (unpaired) electrons. The Morgan fingerprint density at radius 3 is 2.42 bits per heavy atom. The van der Waals surface area contributed by atoms with Crippen molar-refractivity contribution in [1.82, 2.24) is 9.78 Å². The molecule has 1 aromatic carbocycles. The van der Waals surface area contributed by atoms with Gasteiger partial charge in [0.15, 0.2) is 11.6 Å². The van der Waals surface area contributed by atoms with E-state index in [9.17, 15) is 13.6 Å². The van der Waals surface area contributed by atoms with Gasteiger partial charge in [0.1, 0.15) is 5.69 Å². The lowest BCUT2D eigenvalue weighted by molar-refractivity contribution is 0.0681. The molecule has 100 valence electrons. The highest BCUT2D eigenvalue weighted by atomic mass is 19.2. The van der Waals surface area contributed by atoms with Gasteiger partial charge in [-0.25, -0.2) is 13.6 Å². The Bertz CT molecular complexity index is 636. The fraction of sp³-hybridized carbons (Fsp3) is 0.231. The lowest BCUT2D eigenvalue weighted by atomic mass is 10.1. The zero-order valence-electron chi connectivity index (χ0n) is 10.4. The number of carbonyl (C=O) groups is 1. The molecular weight excluding hydrogens is 254 g/mol. The van der Waals surface area contributed by atoms with Crippen molar-refractivity contribution in [3.63, 3.8) is 0 Å². The van der Waals surface area contributed by atoms with E-state index < -0.39 is 17.6 Å². The van der Waals surface area contributed by atoms with Crippen LogP contribution in [-0.2, 0) is 0 Å². The van der Waals surface area contributed by atoms with Gasteiger partial charge in [0.2, 0.25) is 0 Å². The van der Waals surface area contributed by atoms with E-state index >= 15 is 0 Å². The molecule has 0 aliphatic heterocycles. The molecule has 0 aliphatic rings. The van der Waals surface area contributed by atoms with Crippen LogP contribution in [0.5, 0.6) is 0 Å². The van der Waals surface area contributed by atoms with Crippen LogP contribution >= 0.6 is 0 Å². The van der Waals surface area contributed by atoms with Crippen LogP contribution in [0.1, 0.15) is 30.4 Å². The fourth-order valence-corrected chi connectivity index (χ4v) is 1.74. The first-order chi connectivity index (χ1) is 8.90. The standard InChI is InChI=1S/C13H12F2N2O2/c1-7(2)17-12(13(18)19)6-11(16-17)8-3-4-9(14)10(15)5-8/h3-7H,1-2H3,(H,18,19). The lowest BCUT2D eigenvalue weighted by Gasteiger charge is -2.07. The van der Waals surface area contributed by atoms with Crippen molar-refractivity contribution in [2.24, 2.45) is 0 Å². The van der Waals surface area contributed by atoms with Crippen molar-refractivity contribution >= 4 is 5.97 Å². The molecule has 0 saturated carbocycles. The second-order valence-corrected chi connectivity index (χ2v) is 4.39. The van der Waals surface area contributed by atoms with Gasteiger partial charge in [0.05, 0.1) is 5.69 Å². The molecule has 0 spiro atoms. The van der Waals surface area contributed by atoms with Crippen molar-refractivity contribution < 1.29 is 18.7 Å². The topological polar surface area (TPSA) is 55.1 Å². The van der Waals surface area contributed by atoms with Crippen molar-refractivity contribution in [3.05, 3.63) is 41.6 Å². The van der Waals surface area contributed by atoms with Gasteiger partial charge in [-0.15, -0.1) is 0 Å². The minimum Gasteiger partial charge on any atom is -0.477 e. The van der Waals surface area contributed by atoms with Crippen molar-refractivity contribution in [2.75, 3.05) is 0 Å². The number of aromatic carboxylic acids is 1. The third-order valence-corrected chi connectivity index (χ3v) is 2.66. The number of nitrogens with zero attached hydrogens (tertiary/aromatic N) is 2. The van der Waals surface area contributed by atoms with Gasteiger partial charge in [-0.2, -0.15) is 5.10 Å². The van der Waals surface area contributed by atoms with Gasteiger partial charge in [0.25, 0.3) is 0 Å². The van der Waals surface area contributed by atoms with Crippen LogP contribution in [0.2, 0.25) is 0 Å². The summed E-state index contributed by atoms with van der Waals surface area (Å²) in [6.45, 7) is 3.57. The molecule has 2 rings (SSSR count). The van der Waals surface area contributed by atoms with E-state index in [-0.39, 0.29) is 11.7 Å². The number of aromatic nitrogens is 2. The minimum absolute atomic E-state index is 0.00901. The maximum Gasteiger partial charge on any atom is 0.354 e. The maximum atomic E-state index is 13.2. The first-order valence-corrected chi connectivity index (χ1v) is 5.68. The zero-order chi connectivity index (χ0) is 14.2. The summed E-state index contributed by atoms with van der Waals surface area (Å²) >= 11 is 0. The van der Waals surface area contributed by atoms with Crippen LogP contribution in [0.3, 0.4) is 0 Å². The summed E-state index contributed by atoms with van der Waals surface area (Å²) in [6, 6.07) is 4.53. The third kappa shape index (κ3) is 2.47. The average Bonchev–Trinajstić information content (AvgIpc) is 2.78. The molecule has 1 aromatic heterocycles. The van der Waals surface area contributed by atoms with Crippen molar-refractivity contribution in [3.8, 4) is 11.3 Å². The summed E-state index contributed by atoms with van der Waals surface area (Å²) in [6.07, 6.45) is 0. The van der Waals surface area contributed by atoms with E-state index in [0.29, 0.717) is 11.3 Å². The monoisotopic (exact) mass is 266 g/mol. The summed E-state index contributed by atoms with van der Waals surface area (Å²) in [7, 11) is 0. The summed E-state index contributed by atoms with van der Waals surface area (Å²) in [5.74, 6) is -3.06. The Labute approximate surface area is 108 Å². The van der Waals surface area contributed by atoms with Crippen molar-refractivity contribution in [1.29, 1.82) is 0 Å². The zero-order valence-corrected chi connectivity index (χ0v) is 10.4. The number of rotatable bonds is 3. The second-order valence-electron chi connectivity index (χ2n) is 4.39. The first kappa shape index (κ1) is 13.2. The van der Waals surface area contributed by atoms with Crippen LogP contribution in [0.15, 0.2) is 24.3 Å². The molecule has 0 fully saturated rings. The normalized spacial score (nSPS) is 11.0. The van der Waals surface area contributed by atoms with Gasteiger partial charge < -0.3 is 5.11 Å². The van der Waals surface area contributed by atoms with Gasteiger partial charge in [-0.05, 0) is 38.1 Å². The Morgan fingerprint density at radius 1 is 1.26 bits per heavy atom. The molecule has 0 atom stereocenters. The third-order valence-electron chi connectivity index (χ3n) is 2.66. The number of halogens is 2. The maximum absolute atomic E-state index is 13.2. The molecule has 6 heteroatoms. The molecule has 1 N–H and O–H groups in total. The summed E-state index contributed by atoms with van der Waals surface area (Å²) in [4.78, 5) is 11.1. The Hall–Kier alpha value is -2.24. The Kier molecular flexibility index (Phi) is 3.33. The molecule has 2 aromatic rings. The van der Waals surface area contributed by atoms with E-state index in [2.05, 4.69) is 5.10 Å². The lowest BCUT2D eigenvalue weighted by Crippen LogP contribution is -2.11. The number of carboxylic acid groups (broad SMARTS) is 1. The van der Waals surface area contributed by atoms with Gasteiger partial charge in [-0.3, -0.25) is 4.68 Å². The SMILES string of the molecule is CC(C)n1nc(-c2ccc(F)c(F)c2)cc1C(=O)O. The van der Waals surface area contributed by atoms with E-state index in [0.717, 1.165) is 12.1 Å². The largest absolute Gasteiger partial charge is 0.477 e. The molecule has 0 saturated heterocycles. The second kappa shape index (κ2) is 4.79. The van der Waals surface area contributed by atoms with Crippen LogP contribution in [-0.4, -0.2) is 20.9 Å². The Balaban J connectivity index is 2.54. The molecule has 4 nitrogen and oxygen atoms in total. The molecule has 19 heavy (non-hydrogen) atoms. The molecule has 1 heterocycles. The van der Waals surface area contributed by atoms with Crippen LogP contribution < -0.4 is 0 Å². The van der Waals surface area contributed by atoms with Gasteiger partial charge >= 0.3 is 5.97 Å². The highest BCUT2D eigenvalue weighted by Gasteiger charge is 2.17. The summed E-state index contributed by atoms with van der Waals surface area (Å²) in [5, 5.41) is 13.2. The smallest absolute Gasteiger partial charge is 0.354 e. The predicted octanol–water partition coefficient (Wildman–Crippen LogP) is 3.11. The molecule has 0 aliphatic carbocycles. The predicted molar refractivity (Wildman–Crippen MR) is 64.9 cm³/mol. The highest BCUT2D eigenvalue weighted by Crippen LogP contribution is 2.23. The van der Waals surface area contributed by atoms with E-state index in [1.54, 1.807) is 13.8 Å². The summed E-state index contributed by atoms with van der Waals surface area (Å²) < 4.78 is 27.4. The highest BCUT2D eigenvalue weighted by molar-refractivity contribution is 5.87. The van der Waals surface area contributed by atoms with Crippen molar-refractivity contribution in [2.45, 2.75) is 19.9 Å². The van der Waals surface area contributed by atoms with Crippen LogP contribution in [0.4, 0.5) is 8.78 Å². The van der Waals surface area contributed by atoms with Gasteiger partial charge in [0, 0.05) is 11.6 Å². The number of hydrogen-bond donors (Lipinski definition) is 1. The average molecular weight is 266 g/mol. The molecular formula is C13H12F2N2O2. The molecule has 0 bridgehead atoms. The Morgan fingerprint density at radius 2 is 1.95 bits per heavy atom. The molecule has 0 amide bonds.